The van der Waals surface area contributed by atoms with Crippen molar-refractivity contribution in [3.8, 4) is 0 Å². The first-order chi connectivity index (χ1) is 11.0. The van der Waals surface area contributed by atoms with Crippen LogP contribution in [0.1, 0.15) is 25.3 Å². The van der Waals surface area contributed by atoms with Crippen molar-refractivity contribution in [2.45, 2.75) is 38.3 Å². The van der Waals surface area contributed by atoms with Crippen LogP contribution in [0, 0.1) is 11.3 Å². The van der Waals surface area contributed by atoms with Crippen molar-refractivity contribution < 1.29 is 10.2 Å². The number of hydrogen-bond acceptors (Lipinski definition) is 4. The van der Waals surface area contributed by atoms with Crippen LogP contribution in [0.5, 0.6) is 0 Å². The molecule has 2 N–H and O–H groups in total. The summed E-state index contributed by atoms with van der Waals surface area (Å²) >= 11 is 5.95. The van der Waals surface area contributed by atoms with Crippen LogP contribution in [0.25, 0.3) is 0 Å². The third-order valence-corrected chi connectivity index (χ3v) is 5.63. The van der Waals surface area contributed by atoms with E-state index in [1.165, 1.54) is 6.33 Å². The van der Waals surface area contributed by atoms with Gasteiger partial charge in [0, 0.05) is 10.4 Å². The Labute approximate surface area is 140 Å². The smallest absolute Gasteiger partial charge is 0.137 e. The average Bonchev–Trinajstić information content (AvgIpc) is 3.12. The van der Waals surface area contributed by atoms with E-state index in [2.05, 4.69) is 10.1 Å². The molecule has 1 unspecified atom stereocenters. The van der Waals surface area contributed by atoms with Crippen LogP contribution in [0.2, 0.25) is 5.02 Å². The van der Waals surface area contributed by atoms with Gasteiger partial charge in [0.1, 0.15) is 12.7 Å². The third-order valence-electron chi connectivity index (χ3n) is 5.38. The van der Waals surface area contributed by atoms with E-state index in [4.69, 9.17) is 11.6 Å². The van der Waals surface area contributed by atoms with E-state index < -0.39 is 11.0 Å². The highest BCUT2D eigenvalue weighted by Crippen LogP contribution is 2.51. The molecule has 6 heteroatoms. The van der Waals surface area contributed by atoms with E-state index >= 15 is 0 Å². The fourth-order valence-electron chi connectivity index (χ4n) is 3.71. The Balaban J connectivity index is 1.87. The molecule has 3 rings (SSSR count). The summed E-state index contributed by atoms with van der Waals surface area (Å²) in [6.45, 7) is 2.24. The van der Waals surface area contributed by atoms with E-state index in [-0.39, 0.29) is 12.5 Å². The van der Waals surface area contributed by atoms with E-state index in [0.29, 0.717) is 11.6 Å². The summed E-state index contributed by atoms with van der Waals surface area (Å²) in [6, 6.07) is 7.72. The Morgan fingerprint density at radius 2 is 2.09 bits per heavy atom. The Morgan fingerprint density at radius 1 is 1.35 bits per heavy atom. The molecule has 1 aromatic heterocycles. The lowest BCUT2D eigenvalue weighted by Crippen LogP contribution is -2.52. The lowest BCUT2D eigenvalue weighted by molar-refractivity contribution is -0.116. The number of hydrogen-bond donors (Lipinski definition) is 2. The molecule has 1 aliphatic rings. The van der Waals surface area contributed by atoms with Gasteiger partial charge in [-0.15, -0.1) is 0 Å². The summed E-state index contributed by atoms with van der Waals surface area (Å²) in [5.74, 6) is 0.0463. The van der Waals surface area contributed by atoms with Gasteiger partial charge in [-0.3, -0.25) is 4.68 Å². The number of nitrogens with zero attached hydrogens (tertiary/aromatic N) is 3. The largest absolute Gasteiger partial charge is 0.396 e. The zero-order valence-corrected chi connectivity index (χ0v) is 13.9. The standard InChI is InChI=1S/C17H22ClN3O2/c1-16(10-22)7-6-14(8-13-2-4-15(18)5-3-13)17(16,23)9-21-12-19-11-20-21/h2-5,11-12,14,22-23H,6-10H2,1H3/t14-,16?,17+/m1/s1. The molecule has 1 fully saturated rings. The molecule has 23 heavy (non-hydrogen) atoms. The molecule has 0 amide bonds. The number of rotatable bonds is 5. The van der Waals surface area contributed by atoms with Gasteiger partial charge in [0.05, 0.1) is 18.8 Å². The highest BCUT2D eigenvalue weighted by Gasteiger charge is 2.56. The maximum atomic E-state index is 11.5. The monoisotopic (exact) mass is 335 g/mol. The second-order valence-electron chi connectivity index (χ2n) is 6.80. The minimum absolute atomic E-state index is 0.0463. The zero-order chi connectivity index (χ0) is 16.5. The Hall–Kier alpha value is -1.43. The predicted molar refractivity (Wildman–Crippen MR) is 88.0 cm³/mol. The Bertz CT molecular complexity index is 646. The van der Waals surface area contributed by atoms with Gasteiger partial charge < -0.3 is 10.2 Å². The van der Waals surface area contributed by atoms with Crippen molar-refractivity contribution in [2.24, 2.45) is 11.3 Å². The minimum Gasteiger partial charge on any atom is -0.396 e. The number of halogens is 1. The van der Waals surface area contributed by atoms with Gasteiger partial charge in [0.15, 0.2) is 0 Å². The molecule has 1 aromatic carbocycles. The lowest BCUT2D eigenvalue weighted by atomic mass is 9.71. The highest BCUT2D eigenvalue weighted by atomic mass is 35.5. The number of aromatic nitrogens is 3. The Kier molecular flexibility index (Phi) is 4.45. The molecule has 0 bridgehead atoms. The fourth-order valence-corrected chi connectivity index (χ4v) is 3.84. The summed E-state index contributed by atoms with van der Waals surface area (Å²) in [4.78, 5) is 3.95. The average molecular weight is 336 g/mol. The van der Waals surface area contributed by atoms with E-state index in [0.717, 1.165) is 24.8 Å². The first kappa shape index (κ1) is 16.4. The van der Waals surface area contributed by atoms with Crippen LogP contribution < -0.4 is 0 Å². The Morgan fingerprint density at radius 3 is 2.70 bits per heavy atom. The fraction of sp³-hybridized carbons (Fsp3) is 0.529. The highest BCUT2D eigenvalue weighted by molar-refractivity contribution is 6.30. The molecule has 1 aliphatic carbocycles. The van der Waals surface area contributed by atoms with Crippen molar-refractivity contribution in [2.75, 3.05) is 6.61 Å². The van der Waals surface area contributed by atoms with E-state index in [9.17, 15) is 10.2 Å². The first-order valence-corrected chi connectivity index (χ1v) is 8.25. The quantitative estimate of drug-likeness (QED) is 0.879. The molecule has 3 atom stereocenters. The zero-order valence-electron chi connectivity index (χ0n) is 13.2. The summed E-state index contributed by atoms with van der Waals surface area (Å²) in [5, 5.41) is 26.2. The number of aliphatic hydroxyl groups is 2. The van der Waals surface area contributed by atoms with Crippen LogP contribution in [-0.2, 0) is 13.0 Å². The van der Waals surface area contributed by atoms with Gasteiger partial charge in [-0.1, -0.05) is 30.7 Å². The molecule has 0 spiro atoms. The van der Waals surface area contributed by atoms with Crippen molar-refractivity contribution in [3.63, 3.8) is 0 Å². The van der Waals surface area contributed by atoms with Gasteiger partial charge in [0.25, 0.3) is 0 Å². The maximum absolute atomic E-state index is 11.5. The summed E-state index contributed by atoms with van der Waals surface area (Å²) in [7, 11) is 0. The lowest BCUT2D eigenvalue weighted by Gasteiger charge is -2.42. The summed E-state index contributed by atoms with van der Waals surface area (Å²) < 4.78 is 1.65. The van der Waals surface area contributed by atoms with Gasteiger partial charge >= 0.3 is 0 Å². The summed E-state index contributed by atoms with van der Waals surface area (Å²) in [6.07, 6.45) is 5.46. The molecule has 0 radical (unpaired) electrons. The van der Waals surface area contributed by atoms with E-state index in [1.54, 1.807) is 11.0 Å². The second kappa shape index (κ2) is 6.23. The number of benzene rings is 1. The third kappa shape index (κ3) is 3.01. The molecule has 5 nitrogen and oxygen atoms in total. The van der Waals surface area contributed by atoms with Crippen LogP contribution >= 0.6 is 11.6 Å². The molecule has 0 aliphatic heterocycles. The van der Waals surface area contributed by atoms with Crippen molar-refractivity contribution in [1.82, 2.24) is 14.8 Å². The molecule has 0 saturated heterocycles. The molecule has 124 valence electrons. The molecular formula is C17H22ClN3O2. The van der Waals surface area contributed by atoms with Crippen LogP contribution in [0.4, 0.5) is 0 Å². The first-order valence-electron chi connectivity index (χ1n) is 7.87. The van der Waals surface area contributed by atoms with Crippen molar-refractivity contribution >= 4 is 11.6 Å². The molecule has 1 heterocycles. The van der Waals surface area contributed by atoms with Crippen LogP contribution in [0.3, 0.4) is 0 Å². The summed E-state index contributed by atoms with van der Waals surface area (Å²) in [5.41, 5.74) is -0.441. The number of aliphatic hydroxyl groups excluding tert-OH is 1. The van der Waals surface area contributed by atoms with Gasteiger partial charge in [0.2, 0.25) is 0 Å². The minimum atomic E-state index is -1.03. The van der Waals surface area contributed by atoms with Gasteiger partial charge in [-0.25, -0.2) is 4.98 Å². The van der Waals surface area contributed by atoms with Gasteiger partial charge in [-0.05, 0) is 42.9 Å². The van der Waals surface area contributed by atoms with Crippen LogP contribution in [-0.4, -0.2) is 37.2 Å². The second-order valence-corrected chi connectivity index (χ2v) is 7.24. The van der Waals surface area contributed by atoms with Crippen molar-refractivity contribution in [1.29, 1.82) is 0 Å². The van der Waals surface area contributed by atoms with Crippen LogP contribution in [0.15, 0.2) is 36.9 Å². The molecule has 1 saturated carbocycles. The molecular weight excluding hydrogens is 314 g/mol. The predicted octanol–water partition coefficient (Wildman–Crippen LogP) is 2.31. The SMILES string of the molecule is CC1(CO)CC[C@H](Cc2ccc(Cl)cc2)[C@@]1(O)Cn1cncn1. The normalized spacial score (nSPS) is 30.7. The molecule has 2 aromatic rings. The maximum Gasteiger partial charge on any atom is 0.137 e. The van der Waals surface area contributed by atoms with Crippen molar-refractivity contribution in [3.05, 3.63) is 47.5 Å². The topological polar surface area (TPSA) is 71.2 Å². The van der Waals surface area contributed by atoms with E-state index in [1.807, 2.05) is 31.2 Å². The van der Waals surface area contributed by atoms with Gasteiger partial charge in [-0.2, -0.15) is 5.10 Å².